The van der Waals surface area contributed by atoms with Crippen molar-refractivity contribution in [1.29, 1.82) is 0 Å². The normalized spacial score (nSPS) is 27.5. The molecule has 1 amide bonds. The van der Waals surface area contributed by atoms with Gasteiger partial charge in [-0.1, -0.05) is 18.9 Å². The average molecular weight is 304 g/mol. The van der Waals surface area contributed by atoms with Gasteiger partial charge in [-0.2, -0.15) is 0 Å². The highest BCUT2D eigenvalue weighted by Gasteiger charge is 2.47. The van der Waals surface area contributed by atoms with Crippen LogP contribution in [0.4, 0.5) is 0 Å². The maximum atomic E-state index is 12.6. The van der Waals surface area contributed by atoms with Crippen LogP contribution in [-0.4, -0.2) is 38.5 Å². The van der Waals surface area contributed by atoms with E-state index < -0.39 is 12.0 Å². The Bertz CT molecular complexity index is 639. The second kappa shape index (κ2) is 5.94. The Morgan fingerprint density at radius 2 is 2.00 bits per heavy atom. The summed E-state index contributed by atoms with van der Waals surface area (Å²) in [6, 6.07) is 3.98. The van der Waals surface area contributed by atoms with Crippen LogP contribution in [0.2, 0.25) is 0 Å². The first-order chi connectivity index (χ1) is 10.6. The highest BCUT2D eigenvalue weighted by atomic mass is 16.4. The molecule has 0 spiro atoms. The minimum absolute atomic E-state index is 0.0155. The van der Waals surface area contributed by atoms with Crippen molar-refractivity contribution < 1.29 is 14.7 Å². The van der Waals surface area contributed by atoms with Gasteiger partial charge in [-0.25, -0.2) is 4.79 Å². The first kappa shape index (κ1) is 14.8. The molecule has 0 bridgehead atoms. The maximum absolute atomic E-state index is 12.6. The van der Waals surface area contributed by atoms with E-state index in [1.807, 2.05) is 0 Å². The van der Waals surface area contributed by atoms with Crippen LogP contribution in [0.15, 0.2) is 29.2 Å². The second-order valence-corrected chi connectivity index (χ2v) is 6.17. The highest BCUT2D eigenvalue weighted by Crippen LogP contribution is 2.39. The molecule has 0 radical (unpaired) electrons. The van der Waals surface area contributed by atoms with Gasteiger partial charge in [0.2, 0.25) is 5.91 Å². The Hall–Kier alpha value is -2.11. The lowest BCUT2D eigenvalue weighted by Gasteiger charge is -2.33. The third-order valence-corrected chi connectivity index (χ3v) is 4.87. The summed E-state index contributed by atoms with van der Waals surface area (Å²) in [7, 11) is 0. The number of pyridine rings is 1. The van der Waals surface area contributed by atoms with Crippen LogP contribution < -0.4 is 5.56 Å². The molecule has 118 valence electrons. The molecule has 1 aliphatic heterocycles. The number of carboxylic acid groups (broad SMARTS) is 1. The number of hydrogen-bond donors (Lipinski definition) is 1. The summed E-state index contributed by atoms with van der Waals surface area (Å²) < 4.78 is 1.33. The predicted octanol–water partition coefficient (Wildman–Crippen LogP) is 1.09. The summed E-state index contributed by atoms with van der Waals surface area (Å²) in [4.78, 5) is 37.4. The van der Waals surface area contributed by atoms with Crippen LogP contribution in [0.1, 0.15) is 32.1 Å². The standard InChI is InChI=1S/C16H20N2O4/c19-14-7-3-4-8-17(14)10-15(20)18-12-6-2-1-5-11(12)9-13(18)16(21)22/h3-4,7-8,11-13H,1-2,5-6,9-10H2,(H,21,22)/t11-,12+,13-/m0/s1. The summed E-state index contributed by atoms with van der Waals surface area (Å²) >= 11 is 0. The lowest BCUT2D eigenvalue weighted by Crippen LogP contribution is -2.48. The number of rotatable bonds is 3. The number of carbonyl (C=O) groups is 2. The number of hydrogen-bond acceptors (Lipinski definition) is 3. The lowest BCUT2D eigenvalue weighted by molar-refractivity contribution is -0.150. The predicted molar refractivity (Wildman–Crippen MR) is 79.3 cm³/mol. The van der Waals surface area contributed by atoms with Crippen molar-refractivity contribution in [3.8, 4) is 0 Å². The van der Waals surface area contributed by atoms with E-state index in [2.05, 4.69) is 0 Å². The van der Waals surface area contributed by atoms with E-state index in [1.54, 1.807) is 18.3 Å². The van der Waals surface area contributed by atoms with E-state index >= 15 is 0 Å². The Morgan fingerprint density at radius 1 is 1.23 bits per heavy atom. The molecule has 1 saturated heterocycles. The van der Waals surface area contributed by atoms with Crippen LogP contribution in [0.25, 0.3) is 0 Å². The zero-order valence-corrected chi connectivity index (χ0v) is 12.4. The molecular formula is C16H20N2O4. The maximum Gasteiger partial charge on any atom is 0.326 e. The van der Waals surface area contributed by atoms with Crippen LogP contribution in [0.3, 0.4) is 0 Å². The summed E-state index contributed by atoms with van der Waals surface area (Å²) in [5.74, 6) is -0.926. The van der Waals surface area contributed by atoms with Gasteiger partial charge in [0.15, 0.2) is 0 Å². The quantitative estimate of drug-likeness (QED) is 0.906. The largest absolute Gasteiger partial charge is 0.480 e. The zero-order valence-electron chi connectivity index (χ0n) is 12.4. The molecule has 1 aromatic heterocycles. The number of amides is 1. The molecule has 3 atom stereocenters. The SMILES string of the molecule is O=C(O)[C@@H]1C[C@@H]2CCCC[C@H]2N1C(=O)Cn1ccccc1=O. The number of carboxylic acids is 1. The van der Waals surface area contributed by atoms with Crippen LogP contribution in [-0.2, 0) is 16.1 Å². The summed E-state index contributed by atoms with van der Waals surface area (Å²) in [6.45, 7) is -0.0906. The first-order valence-corrected chi connectivity index (χ1v) is 7.77. The van der Waals surface area contributed by atoms with Gasteiger partial charge in [0.1, 0.15) is 12.6 Å². The molecule has 1 N–H and O–H groups in total. The van der Waals surface area contributed by atoms with Crippen LogP contribution in [0, 0.1) is 5.92 Å². The summed E-state index contributed by atoms with van der Waals surface area (Å²) in [5, 5.41) is 9.44. The number of aliphatic carboxylic acids is 1. The van der Waals surface area contributed by atoms with Crippen molar-refractivity contribution in [1.82, 2.24) is 9.47 Å². The molecule has 1 aliphatic carbocycles. The van der Waals surface area contributed by atoms with Crippen LogP contribution >= 0.6 is 0 Å². The van der Waals surface area contributed by atoms with Gasteiger partial charge < -0.3 is 14.6 Å². The molecule has 3 rings (SSSR count). The van der Waals surface area contributed by atoms with Crippen LogP contribution in [0.5, 0.6) is 0 Å². The minimum atomic E-state index is -0.942. The van der Waals surface area contributed by atoms with Crippen molar-refractivity contribution in [2.45, 2.75) is 50.7 Å². The van der Waals surface area contributed by atoms with Gasteiger partial charge in [0.25, 0.3) is 5.56 Å². The molecule has 0 unspecified atom stereocenters. The Kier molecular flexibility index (Phi) is 4.00. The number of nitrogens with zero attached hydrogens (tertiary/aromatic N) is 2. The topological polar surface area (TPSA) is 79.6 Å². The van der Waals surface area contributed by atoms with Crippen molar-refractivity contribution in [2.75, 3.05) is 0 Å². The Morgan fingerprint density at radius 3 is 2.73 bits per heavy atom. The minimum Gasteiger partial charge on any atom is -0.480 e. The van der Waals surface area contributed by atoms with E-state index in [1.165, 1.54) is 15.5 Å². The molecule has 22 heavy (non-hydrogen) atoms. The van der Waals surface area contributed by atoms with Crippen molar-refractivity contribution in [3.05, 3.63) is 34.7 Å². The van der Waals surface area contributed by atoms with Gasteiger partial charge in [-0.05, 0) is 31.2 Å². The molecule has 2 aliphatic rings. The number of likely N-dealkylation sites (tertiary alicyclic amines) is 1. The lowest BCUT2D eigenvalue weighted by atomic mass is 9.85. The van der Waals surface area contributed by atoms with Gasteiger partial charge in [-0.15, -0.1) is 0 Å². The van der Waals surface area contributed by atoms with Crippen molar-refractivity contribution >= 4 is 11.9 Å². The van der Waals surface area contributed by atoms with Crippen molar-refractivity contribution in [3.63, 3.8) is 0 Å². The third kappa shape index (κ3) is 2.65. The zero-order chi connectivity index (χ0) is 15.7. The number of aromatic nitrogens is 1. The molecule has 0 aromatic carbocycles. The Labute approximate surface area is 128 Å². The molecule has 6 heteroatoms. The molecule has 1 saturated carbocycles. The molecule has 2 fully saturated rings. The van der Waals surface area contributed by atoms with E-state index in [0.29, 0.717) is 6.42 Å². The summed E-state index contributed by atoms with van der Waals surface area (Å²) in [5.41, 5.74) is -0.248. The monoisotopic (exact) mass is 304 g/mol. The van der Waals surface area contributed by atoms with E-state index in [0.717, 1.165) is 25.7 Å². The second-order valence-electron chi connectivity index (χ2n) is 6.17. The fourth-order valence-electron chi connectivity index (χ4n) is 3.86. The number of fused-ring (bicyclic) bond motifs is 1. The average Bonchev–Trinajstić information content (AvgIpc) is 2.89. The molecule has 2 heterocycles. The number of carbonyl (C=O) groups excluding carboxylic acids is 1. The Balaban J connectivity index is 1.83. The van der Waals surface area contributed by atoms with Gasteiger partial charge in [0.05, 0.1) is 0 Å². The van der Waals surface area contributed by atoms with E-state index in [4.69, 9.17) is 0 Å². The summed E-state index contributed by atoms with van der Waals surface area (Å²) in [6.07, 6.45) is 6.09. The van der Waals surface area contributed by atoms with Gasteiger partial charge >= 0.3 is 5.97 Å². The van der Waals surface area contributed by atoms with E-state index in [9.17, 15) is 19.5 Å². The van der Waals surface area contributed by atoms with E-state index in [-0.39, 0.29) is 30.0 Å². The highest BCUT2D eigenvalue weighted by molar-refractivity contribution is 5.84. The fraction of sp³-hybridized carbons (Fsp3) is 0.562. The molecular weight excluding hydrogens is 284 g/mol. The molecule has 1 aromatic rings. The van der Waals surface area contributed by atoms with Gasteiger partial charge in [0, 0.05) is 18.3 Å². The van der Waals surface area contributed by atoms with Crippen molar-refractivity contribution in [2.24, 2.45) is 5.92 Å². The molecule has 6 nitrogen and oxygen atoms in total. The first-order valence-electron chi connectivity index (χ1n) is 7.77. The van der Waals surface area contributed by atoms with Gasteiger partial charge in [-0.3, -0.25) is 9.59 Å². The third-order valence-electron chi connectivity index (χ3n) is 4.87. The smallest absolute Gasteiger partial charge is 0.326 e. The fourth-order valence-corrected chi connectivity index (χ4v) is 3.86.